The first-order valence-corrected chi connectivity index (χ1v) is 9.93. The molecular weight excluding hydrogens is 338 g/mol. The van der Waals surface area contributed by atoms with E-state index in [-0.39, 0.29) is 5.91 Å². The Hall–Kier alpha value is -2.18. The number of carbonyl (C=O) groups is 1. The number of benzene rings is 1. The van der Waals surface area contributed by atoms with Crippen LogP contribution in [0.15, 0.2) is 42.7 Å². The van der Waals surface area contributed by atoms with Gasteiger partial charge in [-0.25, -0.2) is 0 Å². The van der Waals surface area contributed by atoms with Crippen molar-refractivity contribution < 1.29 is 4.79 Å². The quantitative estimate of drug-likeness (QED) is 0.686. The lowest BCUT2D eigenvalue weighted by molar-refractivity contribution is -0.121. The zero-order valence-electron chi connectivity index (χ0n) is 16.3. The summed E-state index contributed by atoms with van der Waals surface area (Å²) in [5, 5.41) is 7.23. The van der Waals surface area contributed by atoms with Crippen LogP contribution in [0.1, 0.15) is 24.0 Å². The minimum atomic E-state index is 0.107. The molecule has 0 spiro atoms. The van der Waals surface area contributed by atoms with Crippen molar-refractivity contribution in [2.75, 3.05) is 39.3 Å². The minimum absolute atomic E-state index is 0.107. The molecule has 1 aromatic heterocycles. The second kappa shape index (κ2) is 10.2. The number of hydrogen-bond donors (Lipinski definition) is 1. The highest BCUT2D eigenvalue weighted by Gasteiger charge is 2.16. The van der Waals surface area contributed by atoms with Crippen molar-refractivity contribution in [2.45, 2.75) is 32.9 Å². The van der Waals surface area contributed by atoms with Gasteiger partial charge in [0.25, 0.3) is 0 Å². The minimum Gasteiger partial charge on any atom is -0.356 e. The van der Waals surface area contributed by atoms with Crippen LogP contribution in [-0.4, -0.2) is 64.8 Å². The van der Waals surface area contributed by atoms with E-state index in [1.165, 1.54) is 5.56 Å². The second-order valence-corrected chi connectivity index (χ2v) is 7.34. The van der Waals surface area contributed by atoms with Gasteiger partial charge in [0.05, 0.1) is 6.20 Å². The van der Waals surface area contributed by atoms with E-state index >= 15 is 0 Å². The molecule has 3 rings (SSSR count). The van der Waals surface area contributed by atoms with Crippen molar-refractivity contribution in [1.29, 1.82) is 0 Å². The average molecular weight is 370 g/mol. The SMILES string of the molecule is Cc1cnn(CCC(=O)NCCCN2CCN(Cc3ccccc3)CC2)c1. The lowest BCUT2D eigenvalue weighted by Crippen LogP contribution is -2.46. The molecule has 27 heavy (non-hydrogen) atoms. The molecule has 6 nitrogen and oxygen atoms in total. The molecule has 2 aromatic rings. The predicted octanol–water partition coefficient (Wildman–Crippen LogP) is 1.91. The number of hydrogen-bond acceptors (Lipinski definition) is 4. The Kier molecular flexibility index (Phi) is 7.42. The number of nitrogens with zero attached hydrogens (tertiary/aromatic N) is 4. The maximum absolute atomic E-state index is 11.9. The standard InChI is InChI=1S/C21H31N5O/c1-19-16-23-26(17-19)11-8-21(27)22-9-5-10-24-12-14-25(15-13-24)18-20-6-3-2-4-7-20/h2-4,6-7,16-17H,5,8-15,18H2,1H3,(H,22,27). The zero-order valence-corrected chi connectivity index (χ0v) is 16.3. The van der Waals surface area contributed by atoms with Crippen molar-refractivity contribution in [3.05, 3.63) is 53.9 Å². The Morgan fingerprint density at radius 3 is 2.52 bits per heavy atom. The van der Waals surface area contributed by atoms with Gasteiger partial charge in [-0.2, -0.15) is 5.10 Å². The number of carbonyl (C=O) groups excluding carboxylic acids is 1. The first-order chi connectivity index (χ1) is 13.2. The highest BCUT2D eigenvalue weighted by atomic mass is 16.1. The van der Waals surface area contributed by atoms with Gasteiger partial charge >= 0.3 is 0 Å². The van der Waals surface area contributed by atoms with E-state index in [1.807, 2.05) is 24.0 Å². The molecule has 0 radical (unpaired) electrons. The molecule has 0 unspecified atom stereocenters. The molecular formula is C21H31N5O. The fourth-order valence-electron chi connectivity index (χ4n) is 3.44. The molecule has 1 amide bonds. The van der Waals surface area contributed by atoms with E-state index in [4.69, 9.17) is 0 Å². The van der Waals surface area contributed by atoms with Crippen LogP contribution in [0.5, 0.6) is 0 Å². The summed E-state index contributed by atoms with van der Waals surface area (Å²) in [5.74, 6) is 0.107. The third-order valence-electron chi connectivity index (χ3n) is 5.02. The van der Waals surface area contributed by atoms with E-state index in [9.17, 15) is 4.79 Å². The van der Waals surface area contributed by atoms with Crippen molar-refractivity contribution in [2.24, 2.45) is 0 Å². The number of rotatable bonds is 9. The van der Waals surface area contributed by atoms with Gasteiger partial charge in [0.15, 0.2) is 0 Å². The van der Waals surface area contributed by atoms with Crippen LogP contribution in [0.2, 0.25) is 0 Å². The van der Waals surface area contributed by atoms with Crippen LogP contribution < -0.4 is 5.32 Å². The number of aryl methyl sites for hydroxylation is 2. The van der Waals surface area contributed by atoms with Crippen molar-refractivity contribution in [3.63, 3.8) is 0 Å². The topological polar surface area (TPSA) is 53.4 Å². The molecule has 0 aliphatic carbocycles. The van der Waals surface area contributed by atoms with E-state index in [1.54, 1.807) is 0 Å². The molecule has 0 bridgehead atoms. The molecule has 0 atom stereocenters. The van der Waals surface area contributed by atoms with Gasteiger partial charge in [-0.15, -0.1) is 0 Å². The van der Waals surface area contributed by atoms with Gasteiger partial charge in [-0.1, -0.05) is 30.3 Å². The molecule has 1 saturated heterocycles. The molecule has 6 heteroatoms. The first-order valence-electron chi connectivity index (χ1n) is 9.93. The molecule has 1 aliphatic heterocycles. The van der Waals surface area contributed by atoms with Crippen LogP contribution >= 0.6 is 0 Å². The van der Waals surface area contributed by atoms with E-state index in [0.717, 1.165) is 57.8 Å². The number of nitrogens with one attached hydrogen (secondary N) is 1. The monoisotopic (exact) mass is 369 g/mol. The second-order valence-electron chi connectivity index (χ2n) is 7.34. The molecule has 1 fully saturated rings. The molecule has 1 aromatic carbocycles. The maximum atomic E-state index is 11.9. The zero-order chi connectivity index (χ0) is 18.9. The first kappa shape index (κ1) is 19.6. The van der Waals surface area contributed by atoms with Crippen LogP contribution in [0.4, 0.5) is 0 Å². The van der Waals surface area contributed by atoms with Gasteiger partial charge in [0.1, 0.15) is 0 Å². The fraction of sp³-hybridized carbons (Fsp3) is 0.524. The summed E-state index contributed by atoms with van der Waals surface area (Å²) < 4.78 is 1.82. The van der Waals surface area contributed by atoms with E-state index < -0.39 is 0 Å². The summed E-state index contributed by atoms with van der Waals surface area (Å²) in [6, 6.07) is 10.7. The summed E-state index contributed by atoms with van der Waals surface area (Å²) >= 11 is 0. The van der Waals surface area contributed by atoms with Crippen molar-refractivity contribution in [3.8, 4) is 0 Å². The Labute approximate surface area is 162 Å². The van der Waals surface area contributed by atoms with E-state index in [2.05, 4.69) is 50.5 Å². The van der Waals surface area contributed by atoms with Crippen molar-refractivity contribution in [1.82, 2.24) is 24.9 Å². The fourth-order valence-corrected chi connectivity index (χ4v) is 3.44. The number of amides is 1. The smallest absolute Gasteiger partial charge is 0.221 e. The lowest BCUT2D eigenvalue weighted by atomic mass is 10.2. The molecule has 0 saturated carbocycles. The van der Waals surface area contributed by atoms with E-state index in [0.29, 0.717) is 13.0 Å². The highest BCUT2D eigenvalue weighted by Crippen LogP contribution is 2.08. The number of aromatic nitrogens is 2. The summed E-state index contributed by atoms with van der Waals surface area (Å²) in [5.41, 5.74) is 2.51. The van der Waals surface area contributed by atoms with Gasteiger partial charge in [-0.05, 0) is 31.0 Å². The van der Waals surface area contributed by atoms with Gasteiger partial charge in [-0.3, -0.25) is 14.4 Å². The van der Waals surface area contributed by atoms with Gasteiger partial charge < -0.3 is 10.2 Å². The number of piperazine rings is 1. The molecule has 1 N–H and O–H groups in total. The van der Waals surface area contributed by atoms with Gasteiger partial charge in [0.2, 0.25) is 5.91 Å². The summed E-state index contributed by atoms with van der Waals surface area (Å²) in [4.78, 5) is 16.9. The van der Waals surface area contributed by atoms with Crippen LogP contribution in [0, 0.1) is 6.92 Å². The lowest BCUT2D eigenvalue weighted by Gasteiger charge is -2.34. The van der Waals surface area contributed by atoms with Crippen LogP contribution in [0.3, 0.4) is 0 Å². The van der Waals surface area contributed by atoms with Crippen LogP contribution in [0.25, 0.3) is 0 Å². The third-order valence-corrected chi connectivity index (χ3v) is 5.02. The average Bonchev–Trinajstić information content (AvgIpc) is 3.11. The normalized spacial score (nSPS) is 15.7. The summed E-state index contributed by atoms with van der Waals surface area (Å²) in [7, 11) is 0. The van der Waals surface area contributed by atoms with Crippen molar-refractivity contribution >= 4 is 5.91 Å². The Balaban J connectivity index is 1.23. The molecule has 1 aliphatic rings. The molecule has 146 valence electrons. The summed E-state index contributed by atoms with van der Waals surface area (Å²) in [6.07, 6.45) is 5.27. The Bertz CT molecular complexity index is 692. The molecule has 2 heterocycles. The Morgan fingerprint density at radius 2 is 1.81 bits per heavy atom. The Morgan fingerprint density at radius 1 is 1.07 bits per heavy atom. The third kappa shape index (κ3) is 6.81. The summed E-state index contributed by atoms with van der Waals surface area (Å²) in [6.45, 7) is 9.95. The maximum Gasteiger partial charge on any atom is 0.221 e. The van der Waals surface area contributed by atoms with Gasteiger partial charge in [0, 0.05) is 58.4 Å². The largest absolute Gasteiger partial charge is 0.356 e. The van der Waals surface area contributed by atoms with Crippen LogP contribution in [-0.2, 0) is 17.9 Å². The predicted molar refractivity (Wildman–Crippen MR) is 107 cm³/mol. The highest BCUT2D eigenvalue weighted by molar-refractivity contribution is 5.75.